The van der Waals surface area contributed by atoms with Crippen LogP contribution in [0.2, 0.25) is 0 Å². The molecule has 2 aromatic carbocycles. The number of benzene rings is 2. The summed E-state index contributed by atoms with van der Waals surface area (Å²) in [6.07, 6.45) is 0. The van der Waals surface area contributed by atoms with Gasteiger partial charge in [0.05, 0.1) is 12.7 Å². The smallest absolute Gasteiger partial charge is 0.341 e. The Morgan fingerprint density at radius 1 is 1.14 bits per heavy atom. The van der Waals surface area contributed by atoms with Crippen molar-refractivity contribution in [2.24, 2.45) is 0 Å². The minimum atomic E-state index is -0.865. The number of nitrogen functional groups attached to an aromatic ring is 1. The lowest BCUT2D eigenvalue weighted by molar-refractivity contribution is 0.0467. The van der Waals surface area contributed by atoms with Crippen LogP contribution in [0, 0.1) is 11.6 Å². The fourth-order valence-electron chi connectivity index (χ4n) is 1.73. The van der Waals surface area contributed by atoms with Gasteiger partial charge in [0.1, 0.15) is 12.4 Å². The van der Waals surface area contributed by atoms with Gasteiger partial charge in [-0.15, -0.1) is 0 Å². The van der Waals surface area contributed by atoms with Crippen molar-refractivity contribution in [1.29, 1.82) is 0 Å². The van der Waals surface area contributed by atoms with Crippen LogP contribution in [-0.4, -0.2) is 13.1 Å². The van der Waals surface area contributed by atoms with E-state index in [1.807, 2.05) is 0 Å². The summed E-state index contributed by atoms with van der Waals surface area (Å²) in [4.78, 5) is 11.8. The maximum absolute atomic E-state index is 13.5. The number of hydrogen-bond donors (Lipinski definition) is 1. The van der Waals surface area contributed by atoms with Gasteiger partial charge in [0.25, 0.3) is 0 Å². The van der Waals surface area contributed by atoms with Gasteiger partial charge >= 0.3 is 5.97 Å². The summed E-state index contributed by atoms with van der Waals surface area (Å²) in [5, 5.41) is 0. The molecule has 110 valence electrons. The van der Waals surface area contributed by atoms with Gasteiger partial charge in [-0.25, -0.2) is 13.6 Å². The Morgan fingerprint density at radius 3 is 2.57 bits per heavy atom. The van der Waals surface area contributed by atoms with Crippen LogP contribution in [0.1, 0.15) is 15.9 Å². The van der Waals surface area contributed by atoms with Gasteiger partial charge in [-0.1, -0.05) is 6.07 Å². The third kappa shape index (κ3) is 3.47. The zero-order valence-corrected chi connectivity index (χ0v) is 11.2. The maximum Gasteiger partial charge on any atom is 0.341 e. The van der Waals surface area contributed by atoms with Crippen molar-refractivity contribution >= 4 is 11.7 Å². The molecule has 0 aliphatic rings. The van der Waals surface area contributed by atoms with Gasteiger partial charge in [0.2, 0.25) is 0 Å². The second-order valence-electron chi connectivity index (χ2n) is 4.28. The van der Waals surface area contributed by atoms with E-state index in [4.69, 9.17) is 15.2 Å². The number of ether oxygens (including phenoxy) is 2. The normalized spacial score (nSPS) is 10.2. The minimum absolute atomic E-state index is 0.0898. The van der Waals surface area contributed by atoms with E-state index in [0.29, 0.717) is 5.56 Å². The number of halogens is 2. The third-order valence-electron chi connectivity index (χ3n) is 2.80. The molecule has 0 saturated carbocycles. The summed E-state index contributed by atoms with van der Waals surface area (Å²) in [7, 11) is 1.35. The van der Waals surface area contributed by atoms with Crippen LogP contribution in [0.4, 0.5) is 14.5 Å². The summed E-state index contributed by atoms with van der Waals surface area (Å²) in [5.74, 6) is -2.07. The number of anilines is 1. The van der Waals surface area contributed by atoms with E-state index in [1.165, 1.54) is 31.4 Å². The summed E-state index contributed by atoms with van der Waals surface area (Å²) < 4.78 is 36.7. The highest BCUT2D eigenvalue weighted by Gasteiger charge is 2.14. The van der Waals surface area contributed by atoms with Gasteiger partial charge < -0.3 is 15.2 Å². The molecule has 6 heteroatoms. The third-order valence-corrected chi connectivity index (χ3v) is 2.80. The first kappa shape index (κ1) is 14.8. The zero-order valence-electron chi connectivity index (χ0n) is 11.2. The predicted molar refractivity (Wildman–Crippen MR) is 72.9 cm³/mol. The van der Waals surface area contributed by atoms with E-state index in [1.54, 1.807) is 6.07 Å². The van der Waals surface area contributed by atoms with E-state index in [-0.39, 0.29) is 23.6 Å². The molecule has 0 heterocycles. The average Bonchev–Trinajstić information content (AvgIpc) is 2.47. The highest BCUT2D eigenvalue weighted by molar-refractivity contribution is 5.90. The lowest BCUT2D eigenvalue weighted by Crippen LogP contribution is -2.08. The highest BCUT2D eigenvalue weighted by Crippen LogP contribution is 2.19. The molecule has 4 nitrogen and oxygen atoms in total. The lowest BCUT2D eigenvalue weighted by Gasteiger charge is -2.08. The first-order valence-electron chi connectivity index (χ1n) is 6.06. The Morgan fingerprint density at radius 2 is 1.90 bits per heavy atom. The van der Waals surface area contributed by atoms with Crippen LogP contribution in [0.3, 0.4) is 0 Å². The lowest BCUT2D eigenvalue weighted by atomic mass is 10.2. The van der Waals surface area contributed by atoms with Gasteiger partial charge in [-0.05, 0) is 35.9 Å². The average molecular weight is 293 g/mol. The Hall–Kier alpha value is -2.63. The molecule has 0 saturated heterocycles. The molecule has 0 bridgehead atoms. The monoisotopic (exact) mass is 293 g/mol. The second-order valence-corrected chi connectivity index (χ2v) is 4.28. The van der Waals surface area contributed by atoms with Crippen molar-refractivity contribution in [1.82, 2.24) is 0 Å². The molecule has 2 rings (SSSR count). The number of hydrogen-bond acceptors (Lipinski definition) is 4. The zero-order chi connectivity index (χ0) is 15.4. The number of esters is 1. The number of carbonyl (C=O) groups excluding carboxylic acids is 1. The molecule has 0 unspecified atom stereocenters. The summed E-state index contributed by atoms with van der Waals surface area (Å²) >= 11 is 0. The van der Waals surface area contributed by atoms with E-state index < -0.39 is 17.6 Å². The summed E-state index contributed by atoms with van der Waals surface area (Å²) in [5.41, 5.74) is 5.90. The van der Waals surface area contributed by atoms with Crippen LogP contribution in [0.5, 0.6) is 5.75 Å². The number of carbonyl (C=O) groups is 1. The van der Waals surface area contributed by atoms with Crippen LogP contribution in [-0.2, 0) is 11.3 Å². The van der Waals surface area contributed by atoms with E-state index in [9.17, 15) is 13.6 Å². The maximum atomic E-state index is 13.5. The largest absolute Gasteiger partial charge is 0.494 e. The Labute approximate surface area is 120 Å². The van der Waals surface area contributed by atoms with Crippen molar-refractivity contribution in [3.8, 4) is 5.75 Å². The Bertz CT molecular complexity index is 674. The molecule has 0 aliphatic carbocycles. The predicted octanol–water partition coefficient (Wildman–Crippen LogP) is 2.91. The van der Waals surface area contributed by atoms with Crippen LogP contribution >= 0.6 is 0 Å². The molecule has 0 aromatic heterocycles. The molecule has 0 spiro atoms. The van der Waals surface area contributed by atoms with E-state index >= 15 is 0 Å². The molecule has 0 radical (unpaired) electrons. The summed E-state index contributed by atoms with van der Waals surface area (Å²) in [6, 6.07) is 7.75. The molecule has 2 aromatic rings. The SMILES string of the molecule is COc1ccc(COC(=O)c2cc(N)ccc2F)cc1F. The van der Waals surface area contributed by atoms with E-state index in [2.05, 4.69) is 0 Å². The number of methoxy groups -OCH3 is 1. The van der Waals surface area contributed by atoms with Gasteiger partial charge in [0.15, 0.2) is 11.6 Å². The van der Waals surface area contributed by atoms with E-state index in [0.717, 1.165) is 6.07 Å². The van der Waals surface area contributed by atoms with Crippen molar-refractivity contribution in [2.45, 2.75) is 6.61 Å². The molecule has 2 N–H and O–H groups in total. The van der Waals surface area contributed by atoms with Gasteiger partial charge in [0, 0.05) is 5.69 Å². The van der Waals surface area contributed by atoms with Crippen LogP contribution in [0.25, 0.3) is 0 Å². The molecular formula is C15H13F2NO3. The van der Waals surface area contributed by atoms with Gasteiger partial charge in [-0.2, -0.15) is 0 Å². The number of nitrogens with two attached hydrogens (primary N) is 1. The molecule has 21 heavy (non-hydrogen) atoms. The Balaban J connectivity index is 2.07. The fraction of sp³-hybridized carbons (Fsp3) is 0.133. The first-order chi connectivity index (χ1) is 10.0. The molecule has 0 amide bonds. The Kier molecular flexibility index (Phi) is 4.37. The van der Waals surface area contributed by atoms with Gasteiger partial charge in [-0.3, -0.25) is 0 Å². The minimum Gasteiger partial charge on any atom is -0.494 e. The van der Waals surface area contributed by atoms with Crippen LogP contribution < -0.4 is 10.5 Å². The topological polar surface area (TPSA) is 61.5 Å². The molecule has 0 atom stereocenters. The molecule has 0 fully saturated rings. The molecular weight excluding hydrogens is 280 g/mol. The first-order valence-corrected chi connectivity index (χ1v) is 6.06. The summed E-state index contributed by atoms with van der Waals surface area (Å²) in [6.45, 7) is -0.187. The van der Waals surface area contributed by atoms with Crippen molar-refractivity contribution in [3.05, 3.63) is 59.2 Å². The van der Waals surface area contributed by atoms with Crippen molar-refractivity contribution in [3.63, 3.8) is 0 Å². The fourth-order valence-corrected chi connectivity index (χ4v) is 1.73. The highest BCUT2D eigenvalue weighted by atomic mass is 19.1. The number of rotatable bonds is 4. The second kappa shape index (κ2) is 6.21. The van der Waals surface area contributed by atoms with Crippen LogP contribution in [0.15, 0.2) is 36.4 Å². The quantitative estimate of drug-likeness (QED) is 0.695. The molecule has 0 aliphatic heterocycles. The van der Waals surface area contributed by atoms with Crippen molar-refractivity contribution in [2.75, 3.05) is 12.8 Å². The van der Waals surface area contributed by atoms with Crippen molar-refractivity contribution < 1.29 is 23.0 Å². The standard InChI is InChI=1S/C15H13F2NO3/c1-20-14-5-2-9(6-13(14)17)8-21-15(19)11-7-10(18)3-4-12(11)16/h2-7H,8,18H2,1H3.